The molecule has 0 radical (unpaired) electrons. The molecule has 0 aliphatic heterocycles. The first-order valence-corrected chi connectivity index (χ1v) is 8.31. The van der Waals surface area contributed by atoms with Gasteiger partial charge in [0.05, 0.1) is 23.8 Å². The molecule has 2 aromatic rings. The van der Waals surface area contributed by atoms with Gasteiger partial charge in [0.2, 0.25) is 5.88 Å². The van der Waals surface area contributed by atoms with Crippen molar-refractivity contribution in [1.29, 1.82) is 0 Å². The number of halogens is 1. The van der Waals surface area contributed by atoms with E-state index < -0.39 is 17.8 Å². The number of carbonyl (C=O) groups is 3. The molecule has 0 spiro atoms. The molecular formula is C18H18ClNO6. The van der Waals surface area contributed by atoms with E-state index in [2.05, 4.69) is 5.32 Å². The van der Waals surface area contributed by atoms with E-state index in [0.717, 1.165) is 0 Å². The van der Waals surface area contributed by atoms with E-state index in [4.69, 9.17) is 25.5 Å². The highest BCUT2D eigenvalue weighted by Gasteiger charge is 2.31. The van der Waals surface area contributed by atoms with Gasteiger partial charge in [-0.2, -0.15) is 0 Å². The Labute approximate surface area is 155 Å². The van der Waals surface area contributed by atoms with Gasteiger partial charge in [0, 0.05) is 0 Å². The summed E-state index contributed by atoms with van der Waals surface area (Å²) < 4.78 is 15.4. The van der Waals surface area contributed by atoms with Gasteiger partial charge in [-0.25, -0.2) is 9.59 Å². The van der Waals surface area contributed by atoms with Gasteiger partial charge in [-0.05, 0) is 32.9 Å². The van der Waals surface area contributed by atoms with Crippen LogP contribution in [-0.2, 0) is 9.47 Å². The lowest BCUT2D eigenvalue weighted by Crippen LogP contribution is -2.17. The second kappa shape index (κ2) is 8.53. The van der Waals surface area contributed by atoms with E-state index in [-0.39, 0.29) is 46.6 Å². The number of aryl methyl sites for hydroxylation is 1. The lowest BCUT2D eigenvalue weighted by atomic mass is 10.1. The molecule has 1 N–H and O–H groups in total. The van der Waals surface area contributed by atoms with Gasteiger partial charge in [-0.3, -0.25) is 10.1 Å². The largest absolute Gasteiger partial charge is 0.462 e. The summed E-state index contributed by atoms with van der Waals surface area (Å²) in [6, 6.07) is 6.40. The fourth-order valence-electron chi connectivity index (χ4n) is 2.30. The Hall–Kier alpha value is -2.80. The Morgan fingerprint density at radius 2 is 1.62 bits per heavy atom. The van der Waals surface area contributed by atoms with Gasteiger partial charge in [-0.15, -0.1) is 0 Å². The summed E-state index contributed by atoms with van der Waals surface area (Å²) in [7, 11) is 0. The molecule has 8 heteroatoms. The number of benzene rings is 1. The average Bonchev–Trinajstić information content (AvgIpc) is 2.91. The molecule has 7 nitrogen and oxygen atoms in total. The SMILES string of the molecule is CCOC(=O)c1c(C)oc(NC(=O)c2ccccc2Cl)c1C(=O)OCC. The van der Waals surface area contributed by atoms with Crippen LogP contribution in [0.5, 0.6) is 0 Å². The number of hydrogen-bond acceptors (Lipinski definition) is 6. The third kappa shape index (κ3) is 4.05. The minimum atomic E-state index is -0.804. The van der Waals surface area contributed by atoms with E-state index in [1.54, 1.807) is 32.0 Å². The van der Waals surface area contributed by atoms with E-state index >= 15 is 0 Å². The smallest absolute Gasteiger partial charge is 0.344 e. The summed E-state index contributed by atoms with van der Waals surface area (Å²) >= 11 is 6.01. The predicted octanol–water partition coefficient (Wildman–Crippen LogP) is 3.85. The molecule has 0 atom stereocenters. The summed E-state index contributed by atoms with van der Waals surface area (Å²) in [5.74, 6) is -2.21. The first-order valence-electron chi connectivity index (χ1n) is 7.94. The van der Waals surface area contributed by atoms with Crippen LogP contribution in [0.25, 0.3) is 0 Å². The first-order chi connectivity index (χ1) is 12.4. The number of furan rings is 1. The molecule has 1 aromatic heterocycles. The average molecular weight is 380 g/mol. The molecule has 1 amide bonds. The molecule has 2 rings (SSSR count). The fraction of sp³-hybridized carbons (Fsp3) is 0.278. The highest BCUT2D eigenvalue weighted by atomic mass is 35.5. The number of esters is 2. The van der Waals surface area contributed by atoms with Crippen LogP contribution in [0.3, 0.4) is 0 Å². The lowest BCUT2D eigenvalue weighted by molar-refractivity contribution is 0.0480. The first kappa shape index (κ1) is 19.5. The second-order valence-electron chi connectivity index (χ2n) is 5.11. The monoisotopic (exact) mass is 379 g/mol. The predicted molar refractivity (Wildman–Crippen MR) is 94.8 cm³/mol. The topological polar surface area (TPSA) is 94.8 Å². The van der Waals surface area contributed by atoms with Gasteiger partial charge in [-0.1, -0.05) is 23.7 Å². The minimum absolute atomic E-state index is 0.0836. The van der Waals surface area contributed by atoms with Crippen molar-refractivity contribution in [2.24, 2.45) is 0 Å². The van der Waals surface area contributed by atoms with Crippen molar-refractivity contribution in [3.05, 3.63) is 51.7 Å². The number of amides is 1. The minimum Gasteiger partial charge on any atom is -0.462 e. The normalized spacial score (nSPS) is 10.3. The van der Waals surface area contributed by atoms with Crippen molar-refractivity contribution < 1.29 is 28.3 Å². The van der Waals surface area contributed by atoms with Crippen LogP contribution in [0, 0.1) is 6.92 Å². The number of nitrogens with one attached hydrogen (secondary N) is 1. The van der Waals surface area contributed by atoms with E-state index in [1.807, 2.05) is 0 Å². The summed E-state index contributed by atoms with van der Waals surface area (Å²) in [5.41, 5.74) is -0.0846. The quantitative estimate of drug-likeness (QED) is 0.766. The molecule has 1 heterocycles. The number of ether oxygens (including phenoxy) is 2. The van der Waals surface area contributed by atoms with Crippen LogP contribution in [0.1, 0.15) is 50.7 Å². The summed E-state index contributed by atoms with van der Waals surface area (Å²) in [5, 5.41) is 2.70. The van der Waals surface area contributed by atoms with E-state index in [9.17, 15) is 14.4 Å². The Bertz CT molecular complexity index is 842. The zero-order chi connectivity index (χ0) is 19.3. The zero-order valence-corrected chi connectivity index (χ0v) is 15.3. The van der Waals surface area contributed by atoms with E-state index in [1.165, 1.54) is 13.0 Å². The van der Waals surface area contributed by atoms with Gasteiger partial charge in [0.25, 0.3) is 5.91 Å². The molecule has 26 heavy (non-hydrogen) atoms. The molecule has 0 aliphatic carbocycles. The maximum absolute atomic E-state index is 12.5. The Morgan fingerprint density at radius 1 is 1.04 bits per heavy atom. The Kier molecular flexibility index (Phi) is 6.41. The van der Waals surface area contributed by atoms with Crippen LogP contribution in [-0.4, -0.2) is 31.1 Å². The zero-order valence-electron chi connectivity index (χ0n) is 14.6. The van der Waals surface area contributed by atoms with Crippen LogP contribution >= 0.6 is 11.6 Å². The molecular weight excluding hydrogens is 362 g/mol. The van der Waals surface area contributed by atoms with Gasteiger partial charge in [0.1, 0.15) is 16.9 Å². The Balaban J connectivity index is 2.46. The van der Waals surface area contributed by atoms with Crippen molar-refractivity contribution in [2.45, 2.75) is 20.8 Å². The Morgan fingerprint density at radius 3 is 2.19 bits per heavy atom. The van der Waals surface area contributed by atoms with Gasteiger partial charge < -0.3 is 13.9 Å². The summed E-state index contributed by atoms with van der Waals surface area (Å²) in [6.45, 7) is 4.95. The van der Waals surface area contributed by atoms with Crippen molar-refractivity contribution in [1.82, 2.24) is 0 Å². The molecule has 0 bridgehead atoms. The van der Waals surface area contributed by atoms with Gasteiger partial charge in [0.15, 0.2) is 0 Å². The molecule has 138 valence electrons. The molecule has 0 fully saturated rings. The summed E-state index contributed by atoms with van der Waals surface area (Å²) in [4.78, 5) is 37.0. The maximum atomic E-state index is 12.5. The highest BCUT2D eigenvalue weighted by Crippen LogP contribution is 2.30. The molecule has 0 saturated carbocycles. The van der Waals surface area contributed by atoms with Gasteiger partial charge >= 0.3 is 11.9 Å². The van der Waals surface area contributed by atoms with Crippen LogP contribution < -0.4 is 5.32 Å². The van der Waals surface area contributed by atoms with Crippen molar-refractivity contribution in [3.8, 4) is 0 Å². The van der Waals surface area contributed by atoms with Crippen molar-refractivity contribution in [3.63, 3.8) is 0 Å². The number of rotatable bonds is 6. The highest BCUT2D eigenvalue weighted by molar-refractivity contribution is 6.34. The van der Waals surface area contributed by atoms with E-state index in [0.29, 0.717) is 0 Å². The van der Waals surface area contributed by atoms with Crippen molar-refractivity contribution in [2.75, 3.05) is 18.5 Å². The fourth-order valence-corrected chi connectivity index (χ4v) is 2.52. The lowest BCUT2D eigenvalue weighted by Gasteiger charge is -2.07. The number of anilines is 1. The standard InChI is InChI=1S/C18H18ClNO6/c1-4-24-17(22)13-10(3)26-16(14(13)18(23)25-5-2)20-15(21)11-8-6-7-9-12(11)19/h6-9H,4-5H2,1-3H3,(H,20,21). The molecule has 0 aliphatic rings. The molecule has 1 aromatic carbocycles. The second-order valence-corrected chi connectivity index (χ2v) is 5.52. The molecule has 0 unspecified atom stereocenters. The third-order valence-electron chi connectivity index (χ3n) is 3.39. The maximum Gasteiger partial charge on any atom is 0.344 e. The van der Waals surface area contributed by atoms with Crippen LogP contribution in [0.15, 0.2) is 28.7 Å². The number of carbonyl (C=O) groups excluding carboxylic acids is 3. The van der Waals surface area contributed by atoms with Crippen LogP contribution in [0.2, 0.25) is 5.02 Å². The molecule has 0 saturated heterocycles. The van der Waals surface area contributed by atoms with Crippen LogP contribution in [0.4, 0.5) is 5.88 Å². The van der Waals surface area contributed by atoms with Crippen molar-refractivity contribution >= 4 is 35.3 Å². The summed E-state index contributed by atoms with van der Waals surface area (Å²) in [6.07, 6.45) is 0. The number of hydrogen-bond donors (Lipinski definition) is 1. The third-order valence-corrected chi connectivity index (χ3v) is 3.72.